The van der Waals surface area contributed by atoms with Gasteiger partial charge in [-0.2, -0.15) is 0 Å². The lowest BCUT2D eigenvalue weighted by atomic mass is 9.80. The average molecular weight is 235 g/mol. The lowest BCUT2D eigenvalue weighted by Crippen LogP contribution is -2.43. The highest BCUT2D eigenvalue weighted by Gasteiger charge is 2.57. The van der Waals surface area contributed by atoms with Crippen LogP contribution in [0.1, 0.15) is 31.9 Å². The second kappa shape index (κ2) is 4.45. The Balaban J connectivity index is 2.39. The summed E-state index contributed by atoms with van der Waals surface area (Å²) in [5, 5.41) is 11.4. The standard InChI is InChI=1S/C13H17NO3/c1-3-11-9-17-12(13(11,2)14(15)16)10-7-5-4-6-8-10/h4-8,11-12H,3,9H2,1-2H3/t11-,12+,13-/m0/s1. The van der Waals surface area contributed by atoms with Gasteiger partial charge in [-0.3, -0.25) is 10.1 Å². The van der Waals surface area contributed by atoms with E-state index in [1.54, 1.807) is 6.92 Å². The summed E-state index contributed by atoms with van der Waals surface area (Å²) in [7, 11) is 0. The molecule has 0 amide bonds. The lowest BCUT2D eigenvalue weighted by Gasteiger charge is -2.26. The number of benzene rings is 1. The molecule has 0 bridgehead atoms. The van der Waals surface area contributed by atoms with Crippen molar-refractivity contribution in [3.8, 4) is 0 Å². The number of rotatable bonds is 3. The Kier molecular flexibility index (Phi) is 3.15. The summed E-state index contributed by atoms with van der Waals surface area (Å²) >= 11 is 0. The molecule has 0 unspecified atom stereocenters. The topological polar surface area (TPSA) is 52.4 Å². The van der Waals surface area contributed by atoms with Crippen molar-refractivity contribution in [2.24, 2.45) is 5.92 Å². The predicted octanol–water partition coefficient (Wildman–Crippen LogP) is 2.82. The van der Waals surface area contributed by atoms with Gasteiger partial charge in [0, 0.05) is 11.8 Å². The van der Waals surface area contributed by atoms with E-state index in [1.165, 1.54) is 0 Å². The second-order valence-electron chi connectivity index (χ2n) is 4.71. The highest BCUT2D eigenvalue weighted by atomic mass is 16.6. The summed E-state index contributed by atoms with van der Waals surface area (Å²) in [4.78, 5) is 11.2. The summed E-state index contributed by atoms with van der Waals surface area (Å²) < 4.78 is 5.68. The Labute approximate surface area is 101 Å². The highest BCUT2D eigenvalue weighted by Crippen LogP contribution is 2.45. The van der Waals surface area contributed by atoms with E-state index in [9.17, 15) is 10.1 Å². The molecule has 1 aliphatic rings. The van der Waals surface area contributed by atoms with Gasteiger partial charge < -0.3 is 4.74 Å². The fourth-order valence-corrected chi connectivity index (χ4v) is 2.60. The van der Waals surface area contributed by atoms with Gasteiger partial charge in [-0.15, -0.1) is 0 Å². The molecule has 1 aromatic carbocycles. The zero-order valence-electron chi connectivity index (χ0n) is 10.1. The number of nitrogens with zero attached hydrogens (tertiary/aromatic N) is 1. The lowest BCUT2D eigenvalue weighted by molar-refractivity contribution is -0.580. The fraction of sp³-hybridized carbons (Fsp3) is 0.538. The van der Waals surface area contributed by atoms with Crippen LogP contribution >= 0.6 is 0 Å². The van der Waals surface area contributed by atoms with Crippen molar-refractivity contribution >= 4 is 0 Å². The van der Waals surface area contributed by atoms with Crippen LogP contribution in [0.15, 0.2) is 30.3 Å². The van der Waals surface area contributed by atoms with Crippen LogP contribution in [0.2, 0.25) is 0 Å². The van der Waals surface area contributed by atoms with Gasteiger partial charge in [0.1, 0.15) is 0 Å². The van der Waals surface area contributed by atoms with E-state index < -0.39 is 11.6 Å². The van der Waals surface area contributed by atoms with Crippen molar-refractivity contribution in [2.75, 3.05) is 6.61 Å². The summed E-state index contributed by atoms with van der Waals surface area (Å²) in [6.07, 6.45) is 0.324. The Morgan fingerprint density at radius 3 is 2.65 bits per heavy atom. The van der Waals surface area contributed by atoms with Gasteiger partial charge in [-0.05, 0) is 12.0 Å². The van der Waals surface area contributed by atoms with E-state index in [0.29, 0.717) is 6.61 Å². The maximum Gasteiger partial charge on any atom is 0.254 e. The third-order valence-electron chi connectivity index (χ3n) is 3.81. The maximum atomic E-state index is 11.4. The molecule has 2 rings (SSSR count). The molecule has 17 heavy (non-hydrogen) atoms. The van der Waals surface area contributed by atoms with Crippen molar-refractivity contribution in [1.29, 1.82) is 0 Å². The van der Waals surface area contributed by atoms with Crippen LogP contribution in [0.3, 0.4) is 0 Å². The molecule has 0 radical (unpaired) electrons. The van der Waals surface area contributed by atoms with E-state index in [-0.39, 0.29) is 10.8 Å². The minimum Gasteiger partial charge on any atom is -0.365 e. The molecule has 1 heterocycles. The summed E-state index contributed by atoms with van der Waals surface area (Å²) in [5.74, 6) is -0.0253. The Bertz CT molecular complexity index is 406. The molecule has 0 aromatic heterocycles. The Hall–Kier alpha value is -1.42. The molecule has 1 saturated heterocycles. The molecule has 1 fully saturated rings. The first-order valence-corrected chi connectivity index (χ1v) is 5.91. The number of ether oxygens (including phenoxy) is 1. The summed E-state index contributed by atoms with van der Waals surface area (Å²) in [6.45, 7) is 4.14. The minimum absolute atomic E-state index is 0.0253. The van der Waals surface area contributed by atoms with Crippen molar-refractivity contribution in [3.63, 3.8) is 0 Å². The van der Waals surface area contributed by atoms with Crippen LogP contribution < -0.4 is 0 Å². The smallest absolute Gasteiger partial charge is 0.254 e. The fourth-order valence-electron chi connectivity index (χ4n) is 2.60. The molecule has 0 aliphatic carbocycles. The molecule has 92 valence electrons. The maximum absolute atomic E-state index is 11.4. The minimum atomic E-state index is -1.02. The molecule has 4 nitrogen and oxygen atoms in total. The summed E-state index contributed by atoms with van der Waals surface area (Å²) in [5.41, 5.74) is -0.126. The van der Waals surface area contributed by atoms with Crippen LogP contribution in [0.5, 0.6) is 0 Å². The number of nitro groups is 1. The quantitative estimate of drug-likeness (QED) is 0.598. The first-order valence-electron chi connectivity index (χ1n) is 5.91. The Morgan fingerprint density at radius 1 is 1.47 bits per heavy atom. The first-order chi connectivity index (χ1) is 8.10. The average Bonchev–Trinajstić information content (AvgIpc) is 2.68. The van der Waals surface area contributed by atoms with Crippen LogP contribution in [0.25, 0.3) is 0 Å². The molecule has 1 aliphatic heterocycles. The van der Waals surface area contributed by atoms with Crippen molar-refractivity contribution < 1.29 is 9.66 Å². The molecule has 0 spiro atoms. The molecule has 0 N–H and O–H groups in total. The highest BCUT2D eigenvalue weighted by molar-refractivity contribution is 5.22. The van der Waals surface area contributed by atoms with Crippen LogP contribution in [-0.4, -0.2) is 17.1 Å². The van der Waals surface area contributed by atoms with E-state index in [0.717, 1.165) is 12.0 Å². The third kappa shape index (κ3) is 1.82. The van der Waals surface area contributed by atoms with Gasteiger partial charge in [0.2, 0.25) is 0 Å². The van der Waals surface area contributed by atoms with Gasteiger partial charge in [0.05, 0.1) is 12.5 Å². The van der Waals surface area contributed by atoms with E-state index in [2.05, 4.69) is 0 Å². The monoisotopic (exact) mass is 235 g/mol. The van der Waals surface area contributed by atoms with Gasteiger partial charge >= 0.3 is 0 Å². The van der Waals surface area contributed by atoms with E-state index in [4.69, 9.17) is 4.74 Å². The van der Waals surface area contributed by atoms with Gasteiger partial charge in [0.15, 0.2) is 6.10 Å². The van der Waals surface area contributed by atoms with Crippen molar-refractivity contribution in [3.05, 3.63) is 46.0 Å². The first kappa shape index (κ1) is 12.0. The zero-order valence-corrected chi connectivity index (χ0v) is 10.1. The van der Waals surface area contributed by atoms with Gasteiger partial charge in [-0.25, -0.2) is 0 Å². The van der Waals surface area contributed by atoms with E-state index >= 15 is 0 Å². The predicted molar refractivity (Wildman–Crippen MR) is 64.3 cm³/mol. The Morgan fingerprint density at radius 2 is 2.12 bits per heavy atom. The van der Waals surface area contributed by atoms with Crippen molar-refractivity contribution in [1.82, 2.24) is 0 Å². The second-order valence-corrected chi connectivity index (χ2v) is 4.71. The molecular weight excluding hydrogens is 218 g/mol. The largest absolute Gasteiger partial charge is 0.365 e. The van der Waals surface area contributed by atoms with Crippen LogP contribution in [0.4, 0.5) is 0 Å². The molecule has 4 heteroatoms. The normalized spacial score (nSPS) is 32.6. The summed E-state index contributed by atoms with van der Waals surface area (Å²) in [6, 6.07) is 9.46. The molecule has 3 atom stereocenters. The SMILES string of the molecule is CC[C@H]1CO[C@H](c2ccccc2)[C@@]1(C)[N+](=O)[O-]. The molecular formula is C13H17NO3. The molecule has 0 saturated carbocycles. The third-order valence-corrected chi connectivity index (χ3v) is 3.81. The molecule has 1 aromatic rings. The number of hydrogen-bond acceptors (Lipinski definition) is 3. The number of hydrogen-bond donors (Lipinski definition) is 0. The van der Waals surface area contributed by atoms with Gasteiger partial charge in [0.25, 0.3) is 5.54 Å². The van der Waals surface area contributed by atoms with Gasteiger partial charge in [-0.1, -0.05) is 37.3 Å². The van der Waals surface area contributed by atoms with Crippen molar-refractivity contribution in [2.45, 2.75) is 31.9 Å². The van der Waals surface area contributed by atoms with E-state index in [1.807, 2.05) is 37.3 Å². The van der Waals surface area contributed by atoms with Crippen LogP contribution in [0, 0.1) is 16.0 Å². The van der Waals surface area contributed by atoms with Crippen LogP contribution in [-0.2, 0) is 4.74 Å². The zero-order chi connectivity index (χ0) is 12.5.